The van der Waals surface area contributed by atoms with Crippen molar-refractivity contribution in [3.8, 4) is 0 Å². The molecule has 0 radical (unpaired) electrons. The highest BCUT2D eigenvalue weighted by atomic mass is 16.1. The Bertz CT molecular complexity index is 575. The number of fused-ring (bicyclic) bond motifs is 1. The zero-order chi connectivity index (χ0) is 12.5. The molecule has 3 rings (SSSR count). The second-order valence-electron chi connectivity index (χ2n) is 4.73. The van der Waals surface area contributed by atoms with E-state index in [0.717, 1.165) is 37.1 Å². The number of likely N-dealkylation sites (tertiary alicyclic amines) is 1. The molecule has 0 saturated carbocycles. The summed E-state index contributed by atoms with van der Waals surface area (Å²) in [5.41, 5.74) is 1.68. The minimum Gasteiger partial charge on any atom is -0.296 e. The zero-order valence-corrected chi connectivity index (χ0v) is 10.5. The molecule has 0 spiro atoms. The molecule has 0 amide bonds. The standard InChI is InChI=1S/C14H17N3O/c1-2-16-8-4-7-13(16)14-15-9-11-5-3-6-12(10-18)17(11)14/h3,5-6,9-10,13H,2,4,7-8H2,1H3. The highest BCUT2D eigenvalue weighted by Crippen LogP contribution is 2.31. The van der Waals surface area contributed by atoms with Crippen molar-refractivity contribution in [1.29, 1.82) is 0 Å². The summed E-state index contributed by atoms with van der Waals surface area (Å²) in [5.74, 6) is 1.01. The van der Waals surface area contributed by atoms with E-state index in [1.54, 1.807) is 0 Å². The molecule has 94 valence electrons. The molecule has 0 aliphatic carbocycles. The van der Waals surface area contributed by atoms with Crippen molar-refractivity contribution in [2.45, 2.75) is 25.8 Å². The van der Waals surface area contributed by atoms with E-state index in [1.807, 2.05) is 28.8 Å². The normalized spacial score (nSPS) is 20.6. The number of carbonyl (C=O) groups is 1. The molecule has 4 heteroatoms. The highest BCUT2D eigenvalue weighted by Gasteiger charge is 2.28. The summed E-state index contributed by atoms with van der Waals surface area (Å²) in [6.45, 7) is 4.33. The topological polar surface area (TPSA) is 37.6 Å². The molecule has 1 unspecified atom stereocenters. The Balaban J connectivity index is 2.14. The minimum atomic E-state index is 0.346. The van der Waals surface area contributed by atoms with Crippen LogP contribution in [0.3, 0.4) is 0 Å². The van der Waals surface area contributed by atoms with Gasteiger partial charge in [0.2, 0.25) is 0 Å². The van der Waals surface area contributed by atoms with Crippen molar-refractivity contribution in [3.63, 3.8) is 0 Å². The Hall–Kier alpha value is -1.68. The van der Waals surface area contributed by atoms with Gasteiger partial charge in [-0.3, -0.25) is 14.1 Å². The number of carbonyl (C=O) groups excluding carboxylic acids is 1. The lowest BCUT2D eigenvalue weighted by Crippen LogP contribution is -2.24. The predicted molar refractivity (Wildman–Crippen MR) is 69.8 cm³/mol. The average molecular weight is 243 g/mol. The second kappa shape index (κ2) is 4.53. The summed E-state index contributed by atoms with van der Waals surface area (Å²) in [5, 5.41) is 0. The first-order chi connectivity index (χ1) is 8.85. The summed E-state index contributed by atoms with van der Waals surface area (Å²) >= 11 is 0. The largest absolute Gasteiger partial charge is 0.296 e. The number of nitrogens with zero attached hydrogens (tertiary/aromatic N) is 3. The summed E-state index contributed by atoms with van der Waals surface area (Å²) in [6, 6.07) is 6.08. The van der Waals surface area contributed by atoms with Gasteiger partial charge in [-0.2, -0.15) is 0 Å². The Morgan fingerprint density at radius 2 is 2.39 bits per heavy atom. The Morgan fingerprint density at radius 1 is 1.50 bits per heavy atom. The maximum atomic E-state index is 11.2. The van der Waals surface area contributed by atoms with Crippen LogP contribution in [0.15, 0.2) is 24.4 Å². The summed E-state index contributed by atoms with van der Waals surface area (Å²) in [7, 11) is 0. The molecule has 1 aliphatic rings. The first-order valence-corrected chi connectivity index (χ1v) is 6.50. The van der Waals surface area contributed by atoms with Gasteiger partial charge in [-0.1, -0.05) is 13.0 Å². The van der Waals surface area contributed by atoms with Gasteiger partial charge in [-0.15, -0.1) is 0 Å². The molecule has 1 atom stereocenters. The molecule has 0 aromatic carbocycles. The molecule has 0 N–H and O–H groups in total. The number of imidazole rings is 1. The van der Waals surface area contributed by atoms with Crippen LogP contribution in [-0.4, -0.2) is 33.7 Å². The van der Waals surface area contributed by atoms with Gasteiger partial charge >= 0.3 is 0 Å². The third-order valence-electron chi connectivity index (χ3n) is 3.80. The fourth-order valence-corrected chi connectivity index (χ4v) is 2.92. The fourth-order valence-electron chi connectivity index (χ4n) is 2.92. The van der Waals surface area contributed by atoms with Crippen molar-refractivity contribution in [2.24, 2.45) is 0 Å². The van der Waals surface area contributed by atoms with E-state index in [9.17, 15) is 4.79 Å². The molecule has 0 bridgehead atoms. The monoisotopic (exact) mass is 243 g/mol. The molecular weight excluding hydrogens is 226 g/mol. The summed E-state index contributed by atoms with van der Waals surface area (Å²) < 4.78 is 1.99. The quantitative estimate of drug-likeness (QED) is 0.776. The van der Waals surface area contributed by atoms with Gasteiger partial charge in [0.15, 0.2) is 6.29 Å². The van der Waals surface area contributed by atoms with E-state index >= 15 is 0 Å². The van der Waals surface area contributed by atoms with E-state index in [4.69, 9.17) is 0 Å². The van der Waals surface area contributed by atoms with Crippen LogP contribution >= 0.6 is 0 Å². The minimum absolute atomic E-state index is 0.346. The van der Waals surface area contributed by atoms with Crippen LogP contribution in [0.2, 0.25) is 0 Å². The first kappa shape index (κ1) is 11.4. The molecule has 18 heavy (non-hydrogen) atoms. The van der Waals surface area contributed by atoms with Gasteiger partial charge < -0.3 is 0 Å². The van der Waals surface area contributed by atoms with Crippen molar-refractivity contribution in [2.75, 3.05) is 13.1 Å². The van der Waals surface area contributed by atoms with Crippen molar-refractivity contribution < 1.29 is 4.79 Å². The van der Waals surface area contributed by atoms with Crippen LogP contribution in [0, 0.1) is 0 Å². The Labute approximate surface area is 106 Å². The van der Waals surface area contributed by atoms with Gasteiger partial charge in [0.25, 0.3) is 0 Å². The number of hydrogen-bond donors (Lipinski definition) is 0. The van der Waals surface area contributed by atoms with Crippen molar-refractivity contribution >= 4 is 11.8 Å². The zero-order valence-electron chi connectivity index (χ0n) is 10.5. The van der Waals surface area contributed by atoms with E-state index in [1.165, 1.54) is 6.42 Å². The molecule has 1 fully saturated rings. The number of aromatic nitrogens is 2. The van der Waals surface area contributed by atoms with E-state index < -0.39 is 0 Å². The second-order valence-corrected chi connectivity index (χ2v) is 4.73. The molecular formula is C14H17N3O. The molecule has 1 saturated heterocycles. The third kappa shape index (κ3) is 1.64. The molecule has 4 nitrogen and oxygen atoms in total. The lowest BCUT2D eigenvalue weighted by atomic mass is 10.2. The van der Waals surface area contributed by atoms with Crippen LogP contribution in [0.25, 0.3) is 5.52 Å². The lowest BCUT2D eigenvalue weighted by Gasteiger charge is -2.22. The Morgan fingerprint density at radius 3 is 3.17 bits per heavy atom. The number of rotatable bonds is 3. The van der Waals surface area contributed by atoms with E-state index in [-0.39, 0.29) is 0 Å². The summed E-state index contributed by atoms with van der Waals surface area (Å²) in [6.07, 6.45) is 5.09. The van der Waals surface area contributed by atoms with Crippen LogP contribution < -0.4 is 0 Å². The van der Waals surface area contributed by atoms with Gasteiger partial charge in [-0.05, 0) is 38.1 Å². The highest BCUT2D eigenvalue weighted by molar-refractivity contribution is 5.74. The van der Waals surface area contributed by atoms with E-state index in [2.05, 4.69) is 16.8 Å². The van der Waals surface area contributed by atoms with E-state index in [0.29, 0.717) is 11.7 Å². The van der Waals surface area contributed by atoms with Gasteiger partial charge in [-0.25, -0.2) is 4.98 Å². The van der Waals surface area contributed by atoms with Gasteiger partial charge in [0.1, 0.15) is 5.82 Å². The number of hydrogen-bond acceptors (Lipinski definition) is 3. The molecule has 1 aliphatic heterocycles. The number of aldehydes is 1. The van der Waals surface area contributed by atoms with Gasteiger partial charge in [0.05, 0.1) is 23.4 Å². The lowest BCUT2D eigenvalue weighted by molar-refractivity contribution is 0.111. The SMILES string of the molecule is CCN1CCCC1c1ncc2cccc(C=O)n12. The smallest absolute Gasteiger partial charge is 0.166 e. The predicted octanol–water partition coefficient (Wildman–Crippen LogP) is 2.30. The van der Waals surface area contributed by atoms with Crippen LogP contribution in [0.1, 0.15) is 42.1 Å². The fraction of sp³-hybridized carbons (Fsp3) is 0.429. The van der Waals surface area contributed by atoms with Gasteiger partial charge in [0, 0.05) is 0 Å². The maximum absolute atomic E-state index is 11.2. The van der Waals surface area contributed by atoms with Crippen molar-refractivity contribution in [3.05, 3.63) is 35.9 Å². The first-order valence-electron chi connectivity index (χ1n) is 6.50. The average Bonchev–Trinajstić information content (AvgIpc) is 3.03. The maximum Gasteiger partial charge on any atom is 0.166 e. The Kier molecular flexibility index (Phi) is 2.88. The molecule has 2 aromatic heterocycles. The summed E-state index contributed by atoms with van der Waals surface area (Å²) in [4.78, 5) is 18.1. The molecule has 3 heterocycles. The van der Waals surface area contributed by atoms with Crippen LogP contribution in [0.5, 0.6) is 0 Å². The van der Waals surface area contributed by atoms with Crippen LogP contribution in [-0.2, 0) is 0 Å². The van der Waals surface area contributed by atoms with Crippen molar-refractivity contribution in [1.82, 2.24) is 14.3 Å². The van der Waals surface area contributed by atoms with Crippen LogP contribution in [0.4, 0.5) is 0 Å². The number of pyridine rings is 1. The third-order valence-corrected chi connectivity index (χ3v) is 3.80. The molecule has 2 aromatic rings.